The van der Waals surface area contributed by atoms with E-state index in [-0.39, 0.29) is 23.6 Å². The van der Waals surface area contributed by atoms with Crippen LogP contribution in [0.15, 0.2) is 24.3 Å². The van der Waals surface area contributed by atoms with Crippen molar-refractivity contribution in [3.8, 4) is 0 Å². The molecule has 0 aliphatic carbocycles. The zero-order chi connectivity index (χ0) is 17.0. The maximum absolute atomic E-state index is 12.6. The summed E-state index contributed by atoms with van der Waals surface area (Å²) >= 11 is 0. The lowest BCUT2D eigenvalue weighted by molar-refractivity contribution is -0.135. The monoisotopic (exact) mass is 317 g/mol. The van der Waals surface area contributed by atoms with E-state index in [2.05, 4.69) is 5.32 Å². The van der Waals surface area contributed by atoms with Gasteiger partial charge < -0.3 is 15.1 Å². The Bertz CT molecular complexity index is 605. The van der Waals surface area contributed by atoms with Crippen LogP contribution in [0, 0.1) is 5.92 Å². The Morgan fingerprint density at radius 3 is 2.22 bits per heavy atom. The third-order valence-electron chi connectivity index (χ3n) is 3.80. The summed E-state index contributed by atoms with van der Waals surface area (Å²) in [5, 5.41) is 2.67. The van der Waals surface area contributed by atoms with Crippen LogP contribution in [0.4, 0.5) is 5.69 Å². The minimum Gasteiger partial charge on any atom is -0.339 e. The molecule has 1 aromatic carbocycles. The Balaban J connectivity index is 2.00. The highest BCUT2D eigenvalue weighted by molar-refractivity contribution is 5.97. The van der Waals surface area contributed by atoms with Gasteiger partial charge >= 0.3 is 0 Å². The van der Waals surface area contributed by atoms with Crippen molar-refractivity contribution < 1.29 is 14.4 Å². The maximum atomic E-state index is 12.6. The molecular weight excluding hydrogens is 294 g/mol. The largest absolute Gasteiger partial charge is 0.339 e. The third kappa shape index (κ3) is 4.31. The molecule has 0 radical (unpaired) electrons. The summed E-state index contributed by atoms with van der Waals surface area (Å²) in [6.45, 7) is 7.38. The highest BCUT2D eigenvalue weighted by Gasteiger charge is 2.25. The number of benzene rings is 1. The number of carbonyl (C=O) groups is 3. The Kier molecular flexibility index (Phi) is 5.36. The number of anilines is 1. The predicted octanol–water partition coefficient (Wildman–Crippen LogP) is 1.59. The van der Waals surface area contributed by atoms with E-state index < -0.39 is 0 Å². The molecule has 0 aromatic heterocycles. The number of amides is 3. The molecular formula is C17H23N3O3. The van der Waals surface area contributed by atoms with Gasteiger partial charge in [-0.25, -0.2) is 0 Å². The first-order valence-electron chi connectivity index (χ1n) is 7.84. The van der Waals surface area contributed by atoms with Crippen molar-refractivity contribution in [1.82, 2.24) is 9.80 Å². The van der Waals surface area contributed by atoms with Crippen molar-refractivity contribution in [2.24, 2.45) is 5.92 Å². The van der Waals surface area contributed by atoms with Gasteiger partial charge in [0.15, 0.2) is 0 Å². The number of nitrogens with zero attached hydrogens (tertiary/aromatic N) is 2. The Labute approximate surface area is 136 Å². The Morgan fingerprint density at radius 2 is 1.65 bits per heavy atom. The molecule has 1 heterocycles. The number of carbonyl (C=O) groups excluding carboxylic acids is 3. The molecule has 1 aliphatic heterocycles. The third-order valence-corrected chi connectivity index (χ3v) is 3.80. The summed E-state index contributed by atoms with van der Waals surface area (Å²) in [5.41, 5.74) is 1.15. The smallest absolute Gasteiger partial charge is 0.254 e. The Morgan fingerprint density at radius 1 is 1.04 bits per heavy atom. The van der Waals surface area contributed by atoms with Crippen LogP contribution in [0.3, 0.4) is 0 Å². The fourth-order valence-electron chi connectivity index (χ4n) is 2.61. The molecule has 0 spiro atoms. The van der Waals surface area contributed by atoms with Crippen molar-refractivity contribution in [2.45, 2.75) is 20.8 Å². The van der Waals surface area contributed by atoms with Gasteiger partial charge in [0, 0.05) is 50.3 Å². The van der Waals surface area contributed by atoms with Gasteiger partial charge in [-0.1, -0.05) is 19.9 Å². The SMILES string of the molecule is CC(=O)Nc1cccc(C(=O)N2CCN(C(=O)C(C)C)CC2)c1. The topological polar surface area (TPSA) is 69.7 Å². The highest BCUT2D eigenvalue weighted by atomic mass is 16.2. The lowest BCUT2D eigenvalue weighted by Gasteiger charge is -2.35. The maximum Gasteiger partial charge on any atom is 0.254 e. The summed E-state index contributed by atoms with van der Waals surface area (Å²) in [7, 11) is 0. The van der Waals surface area contributed by atoms with Crippen LogP contribution in [-0.4, -0.2) is 53.7 Å². The quantitative estimate of drug-likeness (QED) is 0.920. The molecule has 3 amide bonds. The molecule has 6 heteroatoms. The summed E-state index contributed by atoms with van der Waals surface area (Å²) in [4.78, 5) is 39.2. The van der Waals surface area contributed by atoms with Crippen molar-refractivity contribution in [1.29, 1.82) is 0 Å². The molecule has 2 rings (SSSR count). The van der Waals surface area contributed by atoms with E-state index in [4.69, 9.17) is 0 Å². The Hall–Kier alpha value is -2.37. The van der Waals surface area contributed by atoms with Gasteiger partial charge in [-0.15, -0.1) is 0 Å². The van der Waals surface area contributed by atoms with E-state index in [1.165, 1.54) is 6.92 Å². The van der Waals surface area contributed by atoms with Gasteiger partial charge in [0.2, 0.25) is 11.8 Å². The molecule has 0 atom stereocenters. The predicted molar refractivity (Wildman–Crippen MR) is 88.1 cm³/mol. The summed E-state index contributed by atoms with van der Waals surface area (Å²) in [6, 6.07) is 6.91. The van der Waals surface area contributed by atoms with E-state index in [1.54, 1.807) is 29.2 Å². The second-order valence-corrected chi connectivity index (χ2v) is 6.03. The molecule has 1 saturated heterocycles. The van der Waals surface area contributed by atoms with E-state index in [0.29, 0.717) is 37.4 Å². The molecule has 0 saturated carbocycles. The molecule has 1 fully saturated rings. The van der Waals surface area contributed by atoms with Crippen LogP contribution in [0.1, 0.15) is 31.1 Å². The highest BCUT2D eigenvalue weighted by Crippen LogP contribution is 2.15. The second-order valence-electron chi connectivity index (χ2n) is 6.03. The molecule has 124 valence electrons. The van der Waals surface area contributed by atoms with Crippen molar-refractivity contribution in [2.75, 3.05) is 31.5 Å². The molecule has 1 aliphatic rings. The second kappa shape index (κ2) is 7.26. The first-order valence-corrected chi connectivity index (χ1v) is 7.84. The number of piperazine rings is 1. The minimum atomic E-state index is -0.171. The average molecular weight is 317 g/mol. The van der Waals surface area contributed by atoms with Crippen LogP contribution in [-0.2, 0) is 9.59 Å². The van der Waals surface area contributed by atoms with E-state index in [0.717, 1.165) is 0 Å². The van der Waals surface area contributed by atoms with Crippen LogP contribution >= 0.6 is 0 Å². The van der Waals surface area contributed by atoms with Gasteiger partial charge in [-0.2, -0.15) is 0 Å². The molecule has 23 heavy (non-hydrogen) atoms. The van der Waals surface area contributed by atoms with E-state index >= 15 is 0 Å². The van der Waals surface area contributed by atoms with Gasteiger partial charge in [0.1, 0.15) is 0 Å². The number of hydrogen-bond acceptors (Lipinski definition) is 3. The zero-order valence-electron chi connectivity index (χ0n) is 13.8. The summed E-state index contributed by atoms with van der Waals surface area (Å²) in [5.74, 6) is -0.138. The number of nitrogens with one attached hydrogen (secondary N) is 1. The fraction of sp³-hybridized carbons (Fsp3) is 0.471. The van der Waals surface area contributed by atoms with Crippen LogP contribution < -0.4 is 5.32 Å². The summed E-state index contributed by atoms with van der Waals surface area (Å²) in [6.07, 6.45) is 0. The minimum absolute atomic E-state index is 0.0217. The van der Waals surface area contributed by atoms with Gasteiger partial charge in [-0.3, -0.25) is 14.4 Å². The van der Waals surface area contributed by atoms with Crippen LogP contribution in [0.5, 0.6) is 0 Å². The number of rotatable bonds is 3. The standard InChI is InChI=1S/C17H23N3O3/c1-12(2)16(22)19-7-9-20(10-8-19)17(23)14-5-4-6-15(11-14)18-13(3)21/h4-6,11-12H,7-10H2,1-3H3,(H,18,21). The molecule has 0 bridgehead atoms. The van der Waals surface area contributed by atoms with Crippen LogP contribution in [0.25, 0.3) is 0 Å². The first-order chi connectivity index (χ1) is 10.9. The average Bonchev–Trinajstić information content (AvgIpc) is 2.53. The zero-order valence-corrected chi connectivity index (χ0v) is 13.8. The van der Waals surface area contributed by atoms with E-state index in [1.807, 2.05) is 18.7 Å². The first kappa shape index (κ1) is 17.0. The van der Waals surface area contributed by atoms with Gasteiger partial charge in [0.05, 0.1) is 0 Å². The molecule has 6 nitrogen and oxygen atoms in total. The lowest BCUT2D eigenvalue weighted by atomic mass is 10.1. The van der Waals surface area contributed by atoms with Crippen molar-refractivity contribution in [3.63, 3.8) is 0 Å². The molecule has 0 unspecified atom stereocenters. The summed E-state index contributed by atoms with van der Waals surface area (Å²) < 4.78 is 0. The van der Waals surface area contributed by atoms with Crippen LogP contribution in [0.2, 0.25) is 0 Å². The van der Waals surface area contributed by atoms with Crippen molar-refractivity contribution in [3.05, 3.63) is 29.8 Å². The molecule has 1 aromatic rings. The van der Waals surface area contributed by atoms with Gasteiger partial charge in [-0.05, 0) is 18.2 Å². The van der Waals surface area contributed by atoms with Crippen molar-refractivity contribution >= 4 is 23.4 Å². The fourth-order valence-corrected chi connectivity index (χ4v) is 2.61. The normalized spacial score (nSPS) is 14.8. The lowest BCUT2D eigenvalue weighted by Crippen LogP contribution is -2.51. The van der Waals surface area contributed by atoms with E-state index in [9.17, 15) is 14.4 Å². The molecule has 1 N–H and O–H groups in total. The number of hydrogen-bond donors (Lipinski definition) is 1. The van der Waals surface area contributed by atoms with Gasteiger partial charge in [0.25, 0.3) is 5.91 Å².